The molecule has 130 valence electrons. The number of nitrogens with one attached hydrogen (secondary N) is 3. The van der Waals surface area contributed by atoms with Gasteiger partial charge in [0.15, 0.2) is 0 Å². The number of nitrogens with zero attached hydrogens (tertiary/aromatic N) is 2. The van der Waals surface area contributed by atoms with Crippen LogP contribution in [0.2, 0.25) is 0 Å². The van der Waals surface area contributed by atoms with Crippen LogP contribution in [0.3, 0.4) is 0 Å². The van der Waals surface area contributed by atoms with Crippen LogP contribution in [0, 0.1) is 0 Å². The molecule has 0 aliphatic heterocycles. The Kier molecular flexibility index (Phi) is 4.81. The van der Waals surface area contributed by atoms with E-state index in [9.17, 15) is 9.90 Å². The Morgan fingerprint density at radius 3 is 3.00 bits per heavy atom. The zero-order valence-corrected chi connectivity index (χ0v) is 13.6. The Bertz CT molecular complexity index is 732. The molecule has 2 aromatic rings. The minimum Gasteiger partial charge on any atom is -0.479 e. The lowest BCUT2D eigenvalue weighted by molar-refractivity contribution is 0.0882. The number of aromatic nitrogens is 3. The van der Waals surface area contributed by atoms with Gasteiger partial charge in [-0.3, -0.25) is 10.4 Å². The van der Waals surface area contributed by atoms with E-state index in [1.165, 1.54) is 7.11 Å². The molecule has 0 unspecified atom stereocenters. The van der Waals surface area contributed by atoms with Crippen molar-refractivity contribution in [1.29, 1.82) is 0 Å². The van der Waals surface area contributed by atoms with E-state index in [2.05, 4.69) is 25.8 Å². The highest BCUT2D eigenvalue weighted by Gasteiger charge is 2.28. The fourth-order valence-corrected chi connectivity index (χ4v) is 3.11. The number of methoxy groups -OCH3 is 2. The number of carbonyl (C=O) groups is 1. The number of aliphatic hydroxyl groups excluding tert-OH is 1. The number of hydrogen-bond donors (Lipinski definition) is 4. The van der Waals surface area contributed by atoms with Crippen LogP contribution in [-0.4, -0.2) is 52.7 Å². The van der Waals surface area contributed by atoms with Gasteiger partial charge in [0.05, 0.1) is 42.5 Å². The second kappa shape index (κ2) is 7.02. The number of amides is 2. The molecule has 1 aliphatic carbocycles. The second-order valence-electron chi connectivity index (χ2n) is 5.68. The number of hydrogen-bond acceptors (Lipinski definition) is 6. The Morgan fingerprint density at radius 2 is 2.29 bits per heavy atom. The van der Waals surface area contributed by atoms with Crippen molar-refractivity contribution < 1.29 is 19.4 Å². The number of fused-ring (bicyclic) bond motifs is 1. The summed E-state index contributed by atoms with van der Waals surface area (Å²) < 4.78 is 10.5. The van der Waals surface area contributed by atoms with Gasteiger partial charge in [0, 0.05) is 13.2 Å². The van der Waals surface area contributed by atoms with E-state index in [-0.39, 0.29) is 24.8 Å². The van der Waals surface area contributed by atoms with E-state index in [0.717, 1.165) is 19.3 Å². The van der Waals surface area contributed by atoms with E-state index in [4.69, 9.17) is 9.47 Å². The summed E-state index contributed by atoms with van der Waals surface area (Å²) in [5, 5.41) is 22.5. The van der Waals surface area contributed by atoms with Crippen molar-refractivity contribution in [2.75, 3.05) is 19.5 Å². The molecular formula is C15H21N5O4. The van der Waals surface area contributed by atoms with E-state index in [1.807, 2.05) is 0 Å². The molecular weight excluding hydrogens is 314 g/mol. The molecule has 0 bridgehead atoms. The average Bonchev–Trinajstić information content (AvgIpc) is 3.19. The number of anilines is 1. The largest absolute Gasteiger partial charge is 0.479 e. The van der Waals surface area contributed by atoms with Crippen LogP contribution < -0.4 is 15.4 Å². The predicted octanol–water partition coefficient (Wildman–Crippen LogP) is 1.15. The quantitative estimate of drug-likeness (QED) is 0.650. The van der Waals surface area contributed by atoms with E-state index < -0.39 is 0 Å². The number of pyridine rings is 1. The zero-order valence-electron chi connectivity index (χ0n) is 13.6. The van der Waals surface area contributed by atoms with E-state index in [1.54, 1.807) is 13.2 Å². The summed E-state index contributed by atoms with van der Waals surface area (Å²) >= 11 is 0. The molecule has 0 saturated heterocycles. The number of rotatable bonds is 5. The zero-order chi connectivity index (χ0) is 17.1. The number of urea groups is 1. The molecule has 2 heterocycles. The summed E-state index contributed by atoms with van der Waals surface area (Å²) in [6, 6.07) is 1.28. The lowest BCUT2D eigenvalue weighted by Gasteiger charge is -2.19. The number of ether oxygens (including phenoxy) is 2. The highest BCUT2D eigenvalue weighted by Crippen LogP contribution is 2.27. The van der Waals surface area contributed by atoms with E-state index in [0.29, 0.717) is 28.3 Å². The molecule has 2 aromatic heterocycles. The van der Waals surface area contributed by atoms with Gasteiger partial charge in [-0.15, -0.1) is 5.10 Å². The predicted molar refractivity (Wildman–Crippen MR) is 87.0 cm³/mol. The van der Waals surface area contributed by atoms with Gasteiger partial charge in [0.25, 0.3) is 0 Å². The van der Waals surface area contributed by atoms with Crippen molar-refractivity contribution in [3.63, 3.8) is 0 Å². The molecule has 9 nitrogen and oxygen atoms in total. The summed E-state index contributed by atoms with van der Waals surface area (Å²) in [7, 11) is 3.14. The fourth-order valence-electron chi connectivity index (χ4n) is 3.11. The van der Waals surface area contributed by atoms with Crippen molar-refractivity contribution in [3.8, 4) is 5.88 Å². The topological polar surface area (TPSA) is 121 Å². The van der Waals surface area contributed by atoms with Crippen LogP contribution in [0.25, 0.3) is 10.9 Å². The van der Waals surface area contributed by atoms with Crippen LogP contribution in [0.1, 0.15) is 25.0 Å². The molecule has 1 saturated carbocycles. The standard InChI is InChI=1S/C15H21N5O4/c1-23-11-5-3-4-8(11)17-15(22)18-12-6-9-13(10(7-21)16-12)14(24-2)20-19-9/h6,8,11,21H,3-5,7H2,1-2H3,(H,19,20)(H2,16,17,18,22)/t8-,11-/m1/s1. The Hall–Kier alpha value is -2.39. The molecule has 3 rings (SSSR count). The first-order chi connectivity index (χ1) is 11.7. The van der Waals surface area contributed by atoms with Crippen LogP contribution in [0.15, 0.2) is 6.07 Å². The number of H-pyrrole nitrogens is 1. The SMILES string of the molecule is COc1n[nH]c2cc(NC(=O)N[C@@H]3CCC[C@H]3OC)nc(CO)c12. The summed E-state index contributed by atoms with van der Waals surface area (Å²) in [6.45, 7) is -0.294. The van der Waals surface area contributed by atoms with Gasteiger partial charge in [0.1, 0.15) is 5.82 Å². The molecule has 1 fully saturated rings. The lowest BCUT2D eigenvalue weighted by Crippen LogP contribution is -2.43. The van der Waals surface area contributed by atoms with Crippen LogP contribution in [0.5, 0.6) is 5.88 Å². The number of carbonyl (C=O) groups excluding carboxylic acids is 1. The maximum absolute atomic E-state index is 12.2. The summed E-state index contributed by atoms with van der Waals surface area (Å²) in [4.78, 5) is 16.5. The smallest absolute Gasteiger partial charge is 0.320 e. The second-order valence-corrected chi connectivity index (χ2v) is 5.68. The van der Waals surface area contributed by atoms with Crippen molar-refractivity contribution in [1.82, 2.24) is 20.5 Å². The van der Waals surface area contributed by atoms with Crippen LogP contribution in [0.4, 0.5) is 10.6 Å². The molecule has 24 heavy (non-hydrogen) atoms. The Labute approximate surface area is 138 Å². The normalized spacial score (nSPS) is 20.3. The van der Waals surface area contributed by atoms with Crippen molar-refractivity contribution in [2.45, 2.75) is 38.0 Å². The first-order valence-electron chi connectivity index (χ1n) is 7.79. The highest BCUT2D eigenvalue weighted by atomic mass is 16.5. The molecule has 1 aliphatic rings. The van der Waals surface area contributed by atoms with Gasteiger partial charge in [-0.2, -0.15) is 0 Å². The molecule has 2 atom stereocenters. The monoisotopic (exact) mass is 335 g/mol. The third-order valence-electron chi connectivity index (χ3n) is 4.24. The van der Waals surface area contributed by atoms with Crippen LogP contribution in [-0.2, 0) is 11.3 Å². The fraction of sp³-hybridized carbons (Fsp3) is 0.533. The average molecular weight is 335 g/mol. The van der Waals surface area contributed by atoms with Crippen molar-refractivity contribution >= 4 is 22.8 Å². The molecule has 9 heteroatoms. The van der Waals surface area contributed by atoms with Gasteiger partial charge in [-0.25, -0.2) is 9.78 Å². The first kappa shape index (κ1) is 16.5. The highest BCUT2D eigenvalue weighted by molar-refractivity contribution is 5.93. The molecule has 0 aromatic carbocycles. The molecule has 2 amide bonds. The first-order valence-corrected chi connectivity index (χ1v) is 7.79. The Morgan fingerprint density at radius 1 is 1.46 bits per heavy atom. The minimum absolute atomic E-state index is 0.0108. The minimum atomic E-state index is -0.355. The summed E-state index contributed by atoms with van der Waals surface area (Å²) in [6.07, 6.45) is 2.89. The van der Waals surface area contributed by atoms with Crippen molar-refractivity contribution in [3.05, 3.63) is 11.8 Å². The molecule has 0 radical (unpaired) electrons. The van der Waals surface area contributed by atoms with Crippen LogP contribution >= 0.6 is 0 Å². The maximum Gasteiger partial charge on any atom is 0.320 e. The number of aliphatic hydroxyl groups is 1. The maximum atomic E-state index is 12.2. The van der Waals surface area contributed by atoms with Gasteiger partial charge < -0.3 is 19.9 Å². The van der Waals surface area contributed by atoms with E-state index >= 15 is 0 Å². The van der Waals surface area contributed by atoms with Gasteiger partial charge >= 0.3 is 6.03 Å². The number of aromatic amines is 1. The third kappa shape index (κ3) is 3.13. The van der Waals surface area contributed by atoms with Crippen molar-refractivity contribution in [2.24, 2.45) is 0 Å². The summed E-state index contributed by atoms with van der Waals surface area (Å²) in [5.74, 6) is 0.675. The molecule has 0 spiro atoms. The lowest BCUT2D eigenvalue weighted by atomic mass is 10.2. The van der Waals surface area contributed by atoms with Gasteiger partial charge in [-0.1, -0.05) is 0 Å². The molecule has 4 N–H and O–H groups in total. The Balaban J connectivity index is 1.76. The van der Waals surface area contributed by atoms with Gasteiger partial charge in [0.2, 0.25) is 5.88 Å². The third-order valence-corrected chi connectivity index (χ3v) is 4.24. The van der Waals surface area contributed by atoms with Gasteiger partial charge in [-0.05, 0) is 19.3 Å². The summed E-state index contributed by atoms with van der Waals surface area (Å²) in [5.41, 5.74) is 1.00.